The molecule has 0 spiro atoms. The van der Waals surface area contributed by atoms with Gasteiger partial charge in [0.05, 0.1) is 10.7 Å². The molecule has 1 heterocycles. The molecule has 84 valence electrons. The van der Waals surface area contributed by atoms with Crippen LogP contribution in [0.15, 0.2) is 29.6 Å². The molecule has 2 nitrogen and oxygen atoms in total. The fraction of sp³-hybridized carbons (Fsp3) is 0.308. The van der Waals surface area contributed by atoms with Crippen molar-refractivity contribution in [3.8, 4) is 0 Å². The molecule has 0 aliphatic rings. The van der Waals surface area contributed by atoms with Crippen LogP contribution in [0.3, 0.4) is 0 Å². The third kappa shape index (κ3) is 2.90. The highest BCUT2D eigenvalue weighted by Gasteiger charge is 1.99. The zero-order chi connectivity index (χ0) is 11.4. The van der Waals surface area contributed by atoms with Crippen molar-refractivity contribution >= 4 is 11.3 Å². The van der Waals surface area contributed by atoms with Crippen molar-refractivity contribution < 1.29 is 0 Å². The quantitative estimate of drug-likeness (QED) is 0.876. The average molecular weight is 232 g/mol. The van der Waals surface area contributed by atoms with Gasteiger partial charge in [0.2, 0.25) is 0 Å². The number of rotatable bonds is 4. The number of thiazole rings is 1. The van der Waals surface area contributed by atoms with Gasteiger partial charge in [-0.25, -0.2) is 4.98 Å². The number of aryl methyl sites for hydroxylation is 2. The second kappa shape index (κ2) is 5.23. The van der Waals surface area contributed by atoms with Crippen molar-refractivity contribution in [3.63, 3.8) is 0 Å². The summed E-state index contributed by atoms with van der Waals surface area (Å²) in [6, 6.07) is 8.46. The number of nitrogens with one attached hydrogen (secondary N) is 1. The predicted octanol–water partition coefficient (Wildman–Crippen LogP) is 3.05. The van der Waals surface area contributed by atoms with E-state index in [1.807, 2.05) is 6.92 Å². The molecule has 2 aromatic rings. The van der Waals surface area contributed by atoms with Crippen LogP contribution in [-0.2, 0) is 13.1 Å². The van der Waals surface area contributed by atoms with Gasteiger partial charge in [-0.15, -0.1) is 11.3 Å². The second-order valence-corrected chi connectivity index (χ2v) is 4.95. The van der Waals surface area contributed by atoms with E-state index in [9.17, 15) is 0 Å². The van der Waals surface area contributed by atoms with Crippen molar-refractivity contribution in [1.82, 2.24) is 10.3 Å². The minimum Gasteiger partial charge on any atom is -0.307 e. The van der Waals surface area contributed by atoms with E-state index in [4.69, 9.17) is 0 Å². The van der Waals surface area contributed by atoms with Crippen LogP contribution in [0.25, 0.3) is 0 Å². The van der Waals surface area contributed by atoms with Crippen LogP contribution in [0.2, 0.25) is 0 Å². The molecule has 0 atom stereocenters. The molecule has 0 saturated carbocycles. The summed E-state index contributed by atoms with van der Waals surface area (Å²) in [5, 5.41) is 6.66. The first-order chi connectivity index (χ1) is 7.75. The lowest BCUT2D eigenvalue weighted by Gasteiger charge is -2.06. The summed E-state index contributed by atoms with van der Waals surface area (Å²) < 4.78 is 0. The van der Waals surface area contributed by atoms with E-state index in [0.29, 0.717) is 0 Å². The van der Waals surface area contributed by atoms with Crippen LogP contribution in [0.4, 0.5) is 0 Å². The Bertz CT molecular complexity index is 462. The van der Waals surface area contributed by atoms with Gasteiger partial charge in [-0.2, -0.15) is 0 Å². The molecule has 0 bridgehead atoms. The van der Waals surface area contributed by atoms with Gasteiger partial charge in [-0.3, -0.25) is 0 Å². The molecule has 0 aliphatic heterocycles. The maximum absolute atomic E-state index is 4.42. The van der Waals surface area contributed by atoms with Crippen LogP contribution < -0.4 is 5.32 Å². The molecule has 0 aliphatic carbocycles. The molecule has 16 heavy (non-hydrogen) atoms. The Kier molecular flexibility index (Phi) is 3.70. The van der Waals surface area contributed by atoms with Gasteiger partial charge in [0, 0.05) is 18.5 Å². The van der Waals surface area contributed by atoms with Crippen molar-refractivity contribution in [3.05, 3.63) is 51.5 Å². The van der Waals surface area contributed by atoms with Crippen molar-refractivity contribution in [1.29, 1.82) is 0 Å². The molecule has 0 amide bonds. The first-order valence-corrected chi connectivity index (χ1v) is 6.30. The van der Waals surface area contributed by atoms with Crippen molar-refractivity contribution in [2.24, 2.45) is 0 Å². The van der Waals surface area contributed by atoms with Gasteiger partial charge < -0.3 is 5.32 Å². The lowest BCUT2D eigenvalue weighted by molar-refractivity contribution is 0.679. The Morgan fingerprint density at radius 2 is 2.00 bits per heavy atom. The normalized spacial score (nSPS) is 10.6. The molecular weight excluding hydrogens is 216 g/mol. The molecule has 0 saturated heterocycles. The largest absolute Gasteiger partial charge is 0.307 e. The molecule has 0 unspecified atom stereocenters. The standard InChI is InChI=1S/C13H16N2S/c1-10-5-3-4-6-12(10)7-14-8-13-9-16-11(2)15-13/h3-6,9,14H,7-8H2,1-2H3. The minimum atomic E-state index is 0.846. The maximum Gasteiger partial charge on any atom is 0.0897 e. The fourth-order valence-corrected chi connectivity index (χ4v) is 2.24. The number of hydrogen-bond acceptors (Lipinski definition) is 3. The van der Waals surface area contributed by atoms with Crippen molar-refractivity contribution in [2.75, 3.05) is 0 Å². The topological polar surface area (TPSA) is 24.9 Å². The van der Waals surface area contributed by atoms with Crippen LogP contribution in [0.5, 0.6) is 0 Å². The van der Waals surface area contributed by atoms with Gasteiger partial charge in [0.25, 0.3) is 0 Å². The number of aromatic nitrogens is 1. The zero-order valence-corrected chi connectivity index (χ0v) is 10.5. The lowest BCUT2D eigenvalue weighted by atomic mass is 10.1. The minimum absolute atomic E-state index is 0.846. The Hall–Kier alpha value is -1.19. The molecule has 0 fully saturated rings. The van der Waals surface area contributed by atoms with E-state index >= 15 is 0 Å². The Balaban J connectivity index is 1.87. The number of hydrogen-bond donors (Lipinski definition) is 1. The summed E-state index contributed by atoms with van der Waals surface area (Å²) in [4.78, 5) is 4.42. The summed E-state index contributed by atoms with van der Waals surface area (Å²) >= 11 is 1.70. The smallest absolute Gasteiger partial charge is 0.0897 e. The highest BCUT2D eigenvalue weighted by Crippen LogP contribution is 2.09. The van der Waals surface area contributed by atoms with Gasteiger partial charge in [0.1, 0.15) is 0 Å². The summed E-state index contributed by atoms with van der Waals surface area (Å²) in [5.74, 6) is 0. The van der Waals surface area contributed by atoms with Gasteiger partial charge in [-0.1, -0.05) is 24.3 Å². The molecular formula is C13H16N2S. The molecule has 1 aromatic carbocycles. The molecule has 1 N–H and O–H groups in total. The number of benzene rings is 1. The highest BCUT2D eigenvalue weighted by atomic mass is 32.1. The summed E-state index contributed by atoms with van der Waals surface area (Å²) in [7, 11) is 0. The van der Waals surface area contributed by atoms with Crippen LogP contribution in [0, 0.1) is 13.8 Å². The van der Waals surface area contributed by atoms with Crippen molar-refractivity contribution in [2.45, 2.75) is 26.9 Å². The van der Waals surface area contributed by atoms with E-state index in [2.05, 4.69) is 46.9 Å². The first kappa shape index (κ1) is 11.3. The third-order valence-electron chi connectivity index (χ3n) is 2.55. The highest BCUT2D eigenvalue weighted by molar-refractivity contribution is 7.09. The summed E-state index contributed by atoms with van der Waals surface area (Å²) in [6.45, 7) is 5.93. The summed E-state index contributed by atoms with van der Waals surface area (Å²) in [5.41, 5.74) is 3.83. The molecule has 0 radical (unpaired) electrons. The molecule has 2 rings (SSSR count). The number of nitrogens with zero attached hydrogens (tertiary/aromatic N) is 1. The Labute approximate surface area is 100 Å². The SMILES string of the molecule is Cc1nc(CNCc2ccccc2C)cs1. The lowest BCUT2D eigenvalue weighted by Crippen LogP contribution is -2.13. The second-order valence-electron chi connectivity index (χ2n) is 3.89. The average Bonchev–Trinajstić information content (AvgIpc) is 2.67. The monoisotopic (exact) mass is 232 g/mol. The van der Waals surface area contributed by atoms with Gasteiger partial charge >= 0.3 is 0 Å². The van der Waals surface area contributed by atoms with Crippen LogP contribution in [0.1, 0.15) is 21.8 Å². The third-order valence-corrected chi connectivity index (χ3v) is 3.37. The Morgan fingerprint density at radius 1 is 1.19 bits per heavy atom. The van der Waals surface area contributed by atoms with Gasteiger partial charge in [0.15, 0.2) is 0 Å². The van der Waals surface area contributed by atoms with E-state index in [1.165, 1.54) is 11.1 Å². The molecule has 3 heteroatoms. The van der Waals surface area contributed by atoms with Crippen LogP contribution >= 0.6 is 11.3 Å². The van der Waals surface area contributed by atoms with E-state index < -0.39 is 0 Å². The van der Waals surface area contributed by atoms with Gasteiger partial charge in [-0.05, 0) is 25.0 Å². The summed E-state index contributed by atoms with van der Waals surface area (Å²) in [6.07, 6.45) is 0. The fourth-order valence-electron chi connectivity index (χ4n) is 1.62. The Morgan fingerprint density at radius 3 is 2.69 bits per heavy atom. The van der Waals surface area contributed by atoms with E-state index in [-0.39, 0.29) is 0 Å². The first-order valence-electron chi connectivity index (χ1n) is 5.42. The maximum atomic E-state index is 4.42. The molecule has 1 aromatic heterocycles. The predicted molar refractivity (Wildman–Crippen MR) is 68.6 cm³/mol. The van der Waals surface area contributed by atoms with E-state index in [1.54, 1.807) is 11.3 Å². The van der Waals surface area contributed by atoms with Crippen LogP contribution in [-0.4, -0.2) is 4.98 Å². The zero-order valence-electron chi connectivity index (χ0n) is 9.66. The van der Waals surface area contributed by atoms with E-state index in [0.717, 1.165) is 23.8 Å².